The zero-order valence-corrected chi connectivity index (χ0v) is 10.4. The van der Waals surface area contributed by atoms with Crippen LogP contribution in [0.3, 0.4) is 0 Å². The molecule has 2 amide bonds. The summed E-state index contributed by atoms with van der Waals surface area (Å²) in [4.78, 5) is 22.4. The quantitative estimate of drug-likeness (QED) is 0.638. The average molecular weight is 241 g/mol. The highest BCUT2D eigenvalue weighted by Gasteiger charge is 2.23. The molecule has 1 aliphatic rings. The molecule has 0 aromatic carbocycles. The van der Waals surface area contributed by atoms with Crippen LogP contribution < -0.4 is 16.8 Å². The van der Waals surface area contributed by atoms with Crippen molar-refractivity contribution in [2.45, 2.75) is 45.1 Å². The Bertz CT molecular complexity index is 273. The van der Waals surface area contributed by atoms with Crippen LogP contribution in [-0.4, -0.2) is 24.4 Å². The molecule has 0 aromatic rings. The van der Waals surface area contributed by atoms with Gasteiger partial charge in [-0.25, -0.2) is 0 Å². The highest BCUT2D eigenvalue weighted by atomic mass is 16.2. The lowest BCUT2D eigenvalue weighted by Gasteiger charge is -2.27. The third-order valence-electron chi connectivity index (χ3n) is 3.58. The van der Waals surface area contributed by atoms with Gasteiger partial charge in [-0.15, -0.1) is 0 Å². The van der Waals surface area contributed by atoms with Crippen LogP contribution >= 0.6 is 0 Å². The van der Waals surface area contributed by atoms with Crippen molar-refractivity contribution in [3.8, 4) is 0 Å². The maximum Gasteiger partial charge on any atom is 0.239 e. The van der Waals surface area contributed by atoms with Crippen LogP contribution in [-0.2, 0) is 9.59 Å². The van der Waals surface area contributed by atoms with E-state index in [1.54, 1.807) is 6.92 Å². The lowest BCUT2D eigenvalue weighted by Crippen LogP contribution is -2.42. The molecule has 0 bridgehead atoms. The van der Waals surface area contributed by atoms with E-state index in [2.05, 4.69) is 5.32 Å². The van der Waals surface area contributed by atoms with Crippen LogP contribution in [0.15, 0.2) is 0 Å². The van der Waals surface area contributed by atoms with E-state index >= 15 is 0 Å². The molecule has 1 unspecified atom stereocenters. The predicted molar refractivity (Wildman–Crippen MR) is 65.9 cm³/mol. The first-order valence-electron chi connectivity index (χ1n) is 6.31. The van der Waals surface area contributed by atoms with Gasteiger partial charge in [0.2, 0.25) is 11.8 Å². The maximum atomic E-state index is 11.6. The third kappa shape index (κ3) is 4.73. The molecule has 1 saturated carbocycles. The fraction of sp³-hybridized carbons (Fsp3) is 0.833. The number of carbonyl (C=O) groups is 2. The van der Waals surface area contributed by atoms with Crippen molar-refractivity contribution in [3.63, 3.8) is 0 Å². The lowest BCUT2D eigenvalue weighted by atomic mass is 9.80. The van der Waals surface area contributed by atoms with E-state index < -0.39 is 11.9 Å². The monoisotopic (exact) mass is 241 g/mol. The van der Waals surface area contributed by atoms with Crippen molar-refractivity contribution in [2.75, 3.05) is 6.54 Å². The van der Waals surface area contributed by atoms with Crippen molar-refractivity contribution >= 4 is 11.8 Å². The number of amides is 2. The van der Waals surface area contributed by atoms with Gasteiger partial charge < -0.3 is 16.8 Å². The van der Waals surface area contributed by atoms with Crippen LogP contribution in [0, 0.1) is 11.8 Å². The normalized spacial score (nSPS) is 26.2. The van der Waals surface area contributed by atoms with Crippen LogP contribution in [0.1, 0.15) is 39.0 Å². The molecule has 1 fully saturated rings. The number of hydrogen-bond acceptors (Lipinski definition) is 3. The molecule has 0 heterocycles. The minimum Gasteiger partial charge on any atom is -0.368 e. The zero-order chi connectivity index (χ0) is 12.8. The molecule has 0 aliphatic heterocycles. The number of hydrogen-bond donors (Lipinski definition) is 3. The highest BCUT2D eigenvalue weighted by molar-refractivity contribution is 5.86. The van der Waals surface area contributed by atoms with Gasteiger partial charge in [0.1, 0.15) is 6.04 Å². The Balaban J connectivity index is 2.26. The fourth-order valence-electron chi connectivity index (χ4n) is 2.31. The number of nitrogens with one attached hydrogen (secondary N) is 1. The summed E-state index contributed by atoms with van der Waals surface area (Å²) >= 11 is 0. The van der Waals surface area contributed by atoms with Crippen LogP contribution in [0.5, 0.6) is 0 Å². The Morgan fingerprint density at radius 2 is 1.76 bits per heavy atom. The third-order valence-corrected chi connectivity index (χ3v) is 3.58. The molecule has 1 aliphatic carbocycles. The molecule has 5 heteroatoms. The standard InChI is InChI=1S/C12H23N3O2/c1-8(12(14)17)15-11(16)6-9-2-4-10(7-13)5-3-9/h8-10H,2-7,13H2,1H3,(H2,14,17)(H,15,16). The molecule has 5 N–H and O–H groups in total. The molecule has 0 radical (unpaired) electrons. The van der Waals surface area contributed by atoms with Gasteiger partial charge in [0.25, 0.3) is 0 Å². The molecule has 17 heavy (non-hydrogen) atoms. The smallest absolute Gasteiger partial charge is 0.239 e. The van der Waals surface area contributed by atoms with E-state index in [-0.39, 0.29) is 5.91 Å². The van der Waals surface area contributed by atoms with E-state index in [9.17, 15) is 9.59 Å². The van der Waals surface area contributed by atoms with Gasteiger partial charge in [0.05, 0.1) is 0 Å². The summed E-state index contributed by atoms with van der Waals surface area (Å²) in [7, 11) is 0. The van der Waals surface area contributed by atoms with Crippen molar-refractivity contribution < 1.29 is 9.59 Å². The summed E-state index contributed by atoms with van der Waals surface area (Å²) in [6.07, 6.45) is 4.83. The molecule has 0 spiro atoms. The average Bonchev–Trinajstić information content (AvgIpc) is 2.29. The molecule has 5 nitrogen and oxygen atoms in total. The van der Waals surface area contributed by atoms with Gasteiger partial charge in [-0.3, -0.25) is 9.59 Å². The largest absolute Gasteiger partial charge is 0.368 e. The number of nitrogens with two attached hydrogens (primary N) is 2. The van der Waals surface area contributed by atoms with Gasteiger partial charge >= 0.3 is 0 Å². The minimum absolute atomic E-state index is 0.0764. The Hall–Kier alpha value is -1.10. The zero-order valence-electron chi connectivity index (χ0n) is 10.4. The summed E-state index contributed by atoms with van der Waals surface area (Å²) in [6, 6.07) is -0.581. The first-order chi connectivity index (χ1) is 8.02. The summed E-state index contributed by atoms with van der Waals surface area (Å²) in [5.74, 6) is 0.481. The van der Waals surface area contributed by atoms with Crippen molar-refractivity contribution in [1.29, 1.82) is 0 Å². The van der Waals surface area contributed by atoms with Crippen molar-refractivity contribution in [3.05, 3.63) is 0 Å². The second-order valence-electron chi connectivity index (χ2n) is 5.02. The molecule has 98 valence electrons. The van der Waals surface area contributed by atoms with Crippen LogP contribution in [0.2, 0.25) is 0 Å². The van der Waals surface area contributed by atoms with Crippen LogP contribution in [0.25, 0.3) is 0 Å². The van der Waals surface area contributed by atoms with E-state index in [0.717, 1.165) is 32.2 Å². The summed E-state index contributed by atoms with van der Waals surface area (Å²) < 4.78 is 0. The van der Waals surface area contributed by atoms with E-state index in [1.807, 2.05) is 0 Å². The highest BCUT2D eigenvalue weighted by Crippen LogP contribution is 2.30. The Kier molecular flexibility index (Phi) is 5.41. The minimum atomic E-state index is -0.581. The van der Waals surface area contributed by atoms with Crippen molar-refractivity contribution in [2.24, 2.45) is 23.3 Å². The second kappa shape index (κ2) is 6.59. The van der Waals surface area contributed by atoms with Gasteiger partial charge in [-0.1, -0.05) is 0 Å². The molecular weight excluding hydrogens is 218 g/mol. The Labute approximate surface area is 102 Å². The number of primary amides is 1. The summed E-state index contributed by atoms with van der Waals surface area (Å²) in [5, 5.41) is 2.61. The topological polar surface area (TPSA) is 98.2 Å². The van der Waals surface area contributed by atoms with E-state index in [0.29, 0.717) is 18.3 Å². The van der Waals surface area contributed by atoms with Crippen molar-refractivity contribution in [1.82, 2.24) is 5.32 Å². The number of carbonyl (C=O) groups excluding carboxylic acids is 2. The van der Waals surface area contributed by atoms with Crippen LogP contribution in [0.4, 0.5) is 0 Å². The van der Waals surface area contributed by atoms with Gasteiger partial charge in [-0.05, 0) is 51.0 Å². The molecular formula is C12H23N3O2. The lowest BCUT2D eigenvalue weighted by molar-refractivity contribution is -0.127. The van der Waals surface area contributed by atoms with Gasteiger partial charge in [0.15, 0.2) is 0 Å². The molecule has 1 atom stereocenters. The first-order valence-corrected chi connectivity index (χ1v) is 6.31. The molecule has 1 rings (SSSR count). The Morgan fingerprint density at radius 3 is 2.24 bits per heavy atom. The summed E-state index contributed by atoms with van der Waals surface area (Å²) in [6.45, 7) is 2.35. The fourth-order valence-corrected chi connectivity index (χ4v) is 2.31. The summed E-state index contributed by atoms with van der Waals surface area (Å²) in [5.41, 5.74) is 10.7. The number of rotatable bonds is 5. The van der Waals surface area contributed by atoms with E-state index in [1.165, 1.54) is 0 Å². The van der Waals surface area contributed by atoms with Gasteiger partial charge in [-0.2, -0.15) is 0 Å². The SMILES string of the molecule is CC(NC(=O)CC1CCC(CN)CC1)C(N)=O. The Morgan fingerprint density at radius 1 is 1.24 bits per heavy atom. The predicted octanol–water partition coefficient (Wildman–Crippen LogP) is 0.132. The first kappa shape index (κ1) is 14.0. The second-order valence-corrected chi connectivity index (χ2v) is 5.02. The molecule has 0 saturated heterocycles. The van der Waals surface area contributed by atoms with E-state index in [4.69, 9.17) is 11.5 Å². The maximum absolute atomic E-state index is 11.6. The van der Waals surface area contributed by atoms with Gasteiger partial charge in [0, 0.05) is 6.42 Å². The molecule has 0 aromatic heterocycles.